The number of ether oxygens (including phenoxy) is 1. The Morgan fingerprint density at radius 1 is 1.19 bits per heavy atom. The van der Waals surface area contributed by atoms with Crippen LogP contribution < -0.4 is 11.1 Å². The number of fused-ring (bicyclic) bond motifs is 1. The maximum Gasteiger partial charge on any atom is 0.329 e. The molecule has 0 spiro atoms. The number of benzene rings is 1. The number of nitrogens with one attached hydrogen (secondary N) is 1. The lowest BCUT2D eigenvalue weighted by Gasteiger charge is -2.26. The Morgan fingerprint density at radius 3 is 2.65 bits per heavy atom. The molecule has 3 N–H and O–H groups in total. The Bertz CT molecular complexity index is 1330. The Labute approximate surface area is 215 Å². The zero-order chi connectivity index (χ0) is 26.9. The van der Waals surface area contributed by atoms with Gasteiger partial charge in [0, 0.05) is 30.3 Å². The number of halogens is 3. The Hall–Kier alpha value is -3.86. The van der Waals surface area contributed by atoms with E-state index in [0.29, 0.717) is 31.3 Å². The molecular formula is C25H23ClF2N4O5. The van der Waals surface area contributed by atoms with Gasteiger partial charge in [-0.15, -0.1) is 0 Å². The molecule has 1 fully saturated rings. The van der Waals surface area contributed by atoms with Crippen molar-refractivity contribution in [3.8, 4) is 0 Å². The largest absolute Gasteiger partial charge is 0.456 e. The summed E-state index contributed by atoms with van der Waals surface area (Å²) in [7, 11) is 0. The molecule has 1 saturated heterocycles. The van der Waals surface area contributed by atoms with Crippen molar-refractivity contribution in [2.45, 2.75) is 44.7 Å². The average Bonchev–Trinajstić information content (AvgIpc) is 3.20. The molecule has 4 rings (SSSR count). The highest BCUT2D eigenvalue weighted by Crippen LogP contribution is 2.38. The van der Waals surface area contributed by atoms with Crippen LogP contribution in [0.2, 0.25) is 5.02 Å². The van der Waals surface area contributed by atoms with Crippen LogP contribution in [0.15, 0.2) is 30.3 Å². The van der Waals surface area contributed by atoms with Crippen LogP contribution in [-0.4, -0.2) is 52.1 Å². The summed E-state index contributed by atoms with van der Waals surface area (Å²) in [6, 6.07) is 3.92. The molecule has 0 bridgehead atoms. The van der Waals surface area contributed by atoms with Crippen molar-refractivity contribution in [2.75, 3.05) is 17.7 Å². The Kier molecular flexibility index (Phi) is 7.53. The number of nitrogens with two attached hydrogens (primary N) is 1. The fourth-order valence-electron chi connectivity index (χ4n) is 4.64. The number of Topliss-reactive ketones (excluding diaryl/α,β-unsaturated/α-hetero) is 1. The lowest BCUT2D eigenvalue weighted by atomic mass is 9.97. The van der Waals surface area contributed by atoms with Crippen molar-refractivity contribution in [1.82, 2.24) is 9.88 Å². The molecule has 1 aromatic heterocycles. The molecule has 0 saturated carbocycles. The summed E-state index contributed by atoms with van der Waals surface area (Å²) in [5, 5.41) is 2.17. The SMILES string of the molecule is CC(=O)Nc1ccc(C(=O)COC(=O)[C@@H]2CCC3CCC(c4c(N)ccc(Cl)c4F)=CC(=O)N32)c(F)n1. The van der Waals surface area contributed by atoms with Gasteiger partial charge in [0.25, 0.3) is 0 Å². The standard InChI is InChI=1S/C25H23ClF2N4O5/c1-12(33)30-20-9-5-15(24(28)31-20)19(34)11-37-25(36)18-8-4-14-3-2-13(10-21(35)32(14)18)22-17(29)7-6-16(26)23(22)27/h5-7,9-10,14,18H,2-4,8,11,29H2,1H3,(H,30,31,33)/t14?,18-/m0/s1. The van der Waals surface area contributed by atoms with E-state index in [-0.39, 0.29) is 28.1 Å². The number of nitrogen functional groups attached to an aromatic ring is 1. The minimum absolute atomic E-state index is 0.0619. The molecule has 2 aliphatic heterocycles. The third-order valence-corrected chi connectivity index (χ3v) is 6.61. The molecule has 1 aromatic carbocycles. The van der Waals surface area contributed by atoms with E-state index in [4.69, 9.17) is 22.1 Å². The molecule has 2 aromatic rings. The van der Waals surface area contributed by atoms with Crippen LogP contribution in [-0.2, 0) is 19.1 Å². The number of ketones is 1. The molecular weight excluding hydrogens is 510 g/mol. The first-order valence-electron chi connectivity index (χ1n) is 11.5. The molecule has 12 heteroatoms. The van der Waals surface area contributed by atoms with Gasteiger partial charge in [-0.3, -0.25) is 14.4 Å². The molecule has 0 aliphatic carbocycles. The number of amides is 2. The number of nitrogens with zero attached hydrogens (tertiary/aromatic N) is 2. The van der Waals surface area contributed by atoms with E-state index in [1.807, 2.05) is 0 Å². The van der Waals surface area contributed by atoms with Crippen molar-refractivity contribution >= 4 is 52.2 Å². The van der Waals surface area contributed by atoms with E-state index >= 15 is 0 Å². The Morgan fingerprint density at radius 2 is 1.95 bits per heavy atom. The molecule has 1 unspecified atom stereocenters. The van der Waals surface area contributed by atoms with E-state index in [1.165, 1.54) is 36.1 Å². The molecule has 2 amide bonds. The van der Waals surface area contributed by atoms with Crippen LogP contribution in [0.4, 0.5) is 20.3 Å². The highest BCUT2D eigenvalue weighted by molar-refractivity contribution is 6.31. The van der Waals surface area contributed by atoms with Crippen molar-refractivity contribution in [1.29, 1.82) is 0 Å². The number of anilines is 2. The zero-order valence-electron chi connectivity index (χ0n) is 19.7. The summed E-state index contributed by atoms with van der Waals surface area (Å²) in [6.07, 6.45) is 2.89. The fourth-order valence-corrected chi connectivity index (χ4v) is 4.80. The quantitative estimate of drug-likeness (QED) is 0.252. The highest BCUT2D eigenvalue weighted by Gasteiger charge is 2.42. The van der Waals surface area contributed by atoms with Gasteiger partial charge in [-0.25, -0.2) is 14.2 Å². The van der Waals surface area contributed by atoms with Gasteiger partial charge in [0.15, 0.2) is 12.4 Å². The van der Waals surface area contributed by atoms with Gasteiger partial charge in [0.2, 0.25) is 23.5 Å². The molecule has 0 radical (unpaired) electrons. The summed E-state index contributed by atoms with van der Waals surface area (Å²) in [4.78, 5) is 54.3. The van der Waals surface area contributed by atoms with Gasteiger partial charge in [-0.05, 0) is 55.5 Å². The molecule has 2 atom stereocenters. The predicted octanol–water partition coefficient (Wildman–Crippen LogP) is 3.52. The van der Waals surface area contributed by atoms with Gasteiger partial charge in [0.1, 0.15) is 11.9 Å². The van der Waals surface area contributed by atoms with Gasteiger partial charge < -0.3 is 20.7 Å². The number of carbonyl (C=O) groups excluding carboxylic acids is 4. The number of esters is 1. The first kappa shape index (κ1) is 26.2. The molecule has 3 heterocycles. The lowest BCUT2D eigenvalue weighted by molar-refractivity contribution is -0.152. The fraction of sp³-hybridized carbons (Fsp3) is 0.320. The van der Waals surface area contributed by atoms with E-state index in [9.17, 15) is 28.0 Å². The lowest BCUT2D eigenvalue weighted by Crippen LogP contribution is -2.44. The number of hydrogen-bond donors (Lipinski definition) is 2. The van der Waals surface area contributed by atoms with Crippen molar-refractivity contribution < 1.29 is 32.7 Å². The van der Waals surface area contributed by atoms with Crippen LogP contribution in [0.3, 0.4) is 0 Å². The molecule has 9 nitrogen and oxygen atoms in total. The second-order valence-corrected chi connectivity index (χ2v) is 9.18. The minimum atomic E-state index is -1.12. The Balaban J connectivity index is 1.45. The highest BCUT2D eigenvalue weighted by atomic mass is 35.5. The van der Waals surface area contributed by atoms with Crippen molar-refractivity contribution in [3.05, 3.63) is 58.3 Å². The van der Waals surface area contributed by atoms with Gasteiger partial charge in [0.05, 0.1) is 10.6 Å². The minimum Gasteiger partial charge on any atom is -0.456 e. The average molecular weight is 533 g/mol. The molecule has 2 aliphatic rings. The first-order valence-corrected chi connectivity index (χ1v) is 11.8. The third kappa shape index (κ3) is 5.46. The van der Waals surface area contributed by atoms with Crippen LogP contribution in [0.25, 0.3) is 5.57 Å². The van der Waals surface area contributed by atoms with Crippen molar-refractivity contribution in [2.24, 2.45) is 0 Å². The zero-order valence-corrected chi connectivity index (χ0v) is 20.5. The topological polar surface area (TPSA) is 132 Å². The van der Waals surface area contributed by atoms with Gasteiger partial charge in [-0.1, -0.05) is 11.6 Å². The number of carbonyl (C=O) groups is 4. The summed E-state index contributed by atoms with van der Waals surface area (Å²) >= 11 is 5.90. The molecule has 37 heavy (non-hydrogen) atoms. The third-order valence-electron chi connectivity index (χ3n) is 6.32. The van der Waals surface area contributed by atoms with Crippen molar-refractivity contribution in [3.63, 3.8) is 0 Å². The van der Waals surface area contributed by atoms with E-state index in [1.54, 1.807) is 0 Å². The van der Waals surface area contributed by atoms with Crippen LogP contribution in [0.1, 0.15) is 48.5 Å². The number of pyridine rings is 1. The van der Waals surface area contributed by atoms with Gasteiger partial charge in [-0.2, -0.15) is 4.39 Å². The monoisotopic (exact) mass is 532 g/mol. The number of rotatable bonds is 6. The summed E-state index contributed by atoms with van der Waals surface area (Å²) in [5.41, 5.74) is 6.12. The van der Waals surface area contributed by atoms with E-state index < -0.39 is 53.5 Å². The van der Waals surface area contributed by atoms with Crippen LogP contribution in [0.5, 0.6) is 0 Å². The number of hydrogen-bond acceptors (Lipinski definition) is 7. The smallest absolute Gasteiger partial charge is 0.329 e. The molecule has 194 valence electrons. The summed E-state index contributed by atoms with van der Waals surface area (Å²) < 4.78 is 34.0. The summed E-state index contributed by atoms with van der Waals surface area (Å²) in [5.74, 6) is -4.52. The maximum atomic E-state index is 14.7. The van der Waals surface area contributed by atoms with Gasteiger partial charge >= 0.3 is 5.97 Å². The number of allylic oxidation sites excluding steroid dienone is 1. The predicted molar refractivity (Wildman–Crippen MR) is 130 cm³/mol. The normalized spacial score (nSPS) is 19.1. The maximum absolute atomic E-state index is 14.7. The van der Waals surface area contributed by atoms with E-state index in [0.717, 1.165) is 6.07 Å². The summed E-state index contributed by atoms with van der Waals surface area (Å²) in [6.45, 7) is 0.466. The second kappa shape index (κ2) is 10.6. The second-order valence-electron chi connectivity index (χ2n) is 8.77. The first-order chi connectivity index (χ1) is 17.6. The number of aromatic nitrogens is 1. The van der Waals surface area contributed by atoms with E-state index in [2.05, 4.69) is 10.3 Å². The van der Waals surface area contributed by atoms with Crippen LogP contribution in [0, 0.1) is 11.8 Å². The van der Waals surface area contributed by atoms with Crippen LogP contribution >= 0.6 is 11.6 Å².